The fraction of sp³-hybridized carbons (Fsp3) is 0.500. The molecule has 2 fully saturated rings. The number of amides is 1. The molecule has 5 nitrogen and oxygen atoms in total. The molecule has 5 heteroatoms. The molecule has 1 saturated heterocycles. The van der Waals surface area contributed by atoms with Crippen molar-refractivity contribution in [1.29, 1.82) is 0 Å². The predicted octanol–water partition coefficient (Wildman–Crippen LogP) is 2.47. The van der Waals surface area contributed by atoms with Crippen molar-refractivity contribution in [3.8, 4) is 0 Å². The summed E-state index contributed by atoms with van der Waals surface area (Å²) in [6, 6.07) is 7.98. The van der Waals surface area contributed by atoms with E-state index in [4.69, 9.17) is 0 Å². The molecule has 1 aromatic heterocycles. The van der Waals surface area contributed by atoms with Crippen molar-refractivity contribution >= 4 is 22.6 Å². The summed E-state index contributed by atoms with van der Waals surface area (Å²) in [6.45, 7) is 3.01. The highest BCUT2D eigenvalue weighted by Crippen LogP contribution is 2.27. The number of piperazine rings is 1. The van der Waals surface area contributed by atoms with Crippen molar-refractivity contribution in [3.05, 3.63) is 30.6 Å². The van der Waals surface area contributed by atoms with Gasteiger partial charge in [0.15, 0.2) is 0 Å². The monoisotopic (exact) mass is 310 g/mol. The van der Waals surface area contributed by atoms with Gasteiger partial charge in [0.2, 0.25) is 5.91 Å². The van der Waals surface area contributed by atoms with E-state index in [9.17, 15) is 4.79 Å². The Morgan fingerprint density at radius 3 is 2.74 bits per heavy atom. The highest BCUT2D eigenvalue weighted by Gasteiger charge is 2.28. The van der Waals surface area contributed by atoms with Gasteiger partial charge in [0.1, 0.15) is 12.1 Å². The molecule has 1 aliphatic heterocycles. The van der Waals surface area contributed by atoms with Crippen LogP contribution in [0.4, 0.5) is 5.82 Å². The van der Waals surface area contributed by atoms with Crippen molar-refractivity contribution in [1.82, 2.24) is 14.9 Å². The second-order valence-electron chi connectivity index (χ2n) is 6.63. The van der Waals surface area contributed by atoms with Gasteiger partial charge in [0.05, 0.1) is 12.1 Å². The molecule has 1 aromatic carbocycles. The maximum absolute atomic E-state index is 12.5. The van der Waals surface area contributed by atoms with Crippen molar-refractivity contribution in [2.45, 2.75) is 25.7 Å². The second-order valence-corrected chi connectivity index (χ2v) is 6.63. The largest absolute Gasteiger partial charge is 0.345 e. The van der Waals surface area contributed by atoms with Crippen LogP contribution in [0.5, 0.6) is 0 Å². The van der Waals surface area contributed by atoms with Gasteiger partial charge in [-0.05, 0) is 30.9 Å². The molecule has 2 aromatic rings. The summed E-state index contributed by atoms with van der Waals surface area (Å²) in [5.74, 6) is 1.82. The lowest BCUT2D eigenvalue weighted by Crippen LogP contribution is -2.51. The predicted molar refractivity (Wildman–Crippen MR) is 90.3 cm³/mol. The third kappa shape index (κ3) is 2.87. The van der Waals surface area contributed by atoms with Crippen LogP contribution in [0.1, 0.15) is 25.7 Å². The molecule has 1 amide bonds. The average Bonchev–Trinajstić information content (AvgIpc) is 3.09. The Balaban J connectivity index is 1.50. The fourth-order valence-corrected chi connectivity index (χ4v) is 3.83. The minimum atomic E-state index is 0.228. The summed E-state index contributed by atoms with van der Waals surface area (Å²) < 4.78 is 0. The molecule has 0 unspecified atom stereocenters. The first-order valence-electron chi connectivity index (χ1n) is 8.54. The van der Waals surface area contributed by atoms with E-state index < -0.39 is 0 Å². The zero-order valence-electron chi connectivity index (χ0n) is 13.3. The van der Waals surface area contributed by atoms with Gasteiger partial charge >= 0.3 is 0 Å². The molecular weight excluding hydrogens is 288 g/mol. The first-order chi connectivity index (χ1) is 11.3. The molecule has 4 rings (SSSR count). The quantitative estimate of drug-likeness (QED) is 0.874. The van der Waals surface area contributed by atoms with Crippen LogP contribution in [0.15, 0.2) is 30.6 Å². The lowest BCUT2D eigenvalue weighted by Gasteiger charge is -2.36. The Kier molecular flexibility index (Phi) is 3.85. The summed E-state index contributed by atoms with van der Waals surface area (Å²) in [6.07, 6.45) is 6.80. The maximum Gasteiger partial charge on any atom is 0.242 e. The van der Waals surface area contributed by atoms with Crippen LogP contribution in [0.25, 0.3) is 10.9 Å². The summed E-state index contributed by atoms with van der Waals surface area (Å²) in [5.41, 5.74) is 0.929. The van der Waals surface area contributed by atoms with Gasteiger partial charge in [0, 0.05) is 25.0 Å². The first kappa shape index (κ1) is 14.4. The lowest BCUT2D eigenvalue weighted by molar-refractivity contribution is -0.131. The molecule has 0 spiro atoms. The van der Waals surface area contributed by atoms with Gasteiger partial charge in [-0.25, -0.2) is 9.97 Å². The summed E-state index contributed by atoms with van der Waals surface area (Å²) >= 11 is 0. The van der Waals surface area contributed by atoms with E-state index in [-0.39, 0.29) is 5.91 Å². The first-order valence-corrected chi connectivity index (χ1v) is 8.54. The van der Waals surface area contributed by atoms with E-state index in [1.807, 2.05) is 24.3 Å². The van der Waals surface area contributed by atoms with Crippen LogP contribution >= 0.6 is 0 Å². The smallest absolute Gasteiger partial charge is 0.242 e. The molecule has 0 radical (unpaired) electrons. The molecule has 0 bridgehead atoms. The molecule has 2 aliphatic rings. The van der Waals surface area contributed by atoms with E-state index in [0.29, 0.717) is 12.5 Å². The third-order valence-electron chi connectivity index (χ3n) is 5.09. The number of nitrogens with zero attached hydrogens (tertiary/aromatic N) is 4. The Labute approximate surface area is 136 Å². The average molecular weight is 310 g/mol. The number of rotatable bonds is 3. The summed E-state index contributed by atoms with van der Waals surface area (Å²) in [7, 11) is 0. The van der Waals surface area contributed by atoms with Gasteiger partial charge in [-0.3, -0.25) is 4.79 Å². The zero-order chi connectivity index (χ0) is 15.6. The van der Waals surface area contributed by atoms with Gasteiger partial charge < -0.3 is 9.80 Å². The van der Waals surface area contributed by atoms with Gasteiger partial charge in [-0.15, -0.1) is 0 Å². The van der Waals surface area contributed by atoms with Crippen LogP contribution in [0.2, 0.25) is 0 Å². The van der Waals surface area contributed by atoms with Crippen LogP contribution in [-0.2, 0) is 4.79 Å². The Hall–Kier alpha value is -2.17. The van der Waals surface area contributed by atoms with Crippen molar-refractivity contribution in [2.24, 2.45) is 5.92 Å². The molecule has 0 atom stereocenters. The van der Waals surface area contributed by atoms with E-state index in [2.05, 4.69) is 19.8 Å². The van der Waals surface area contributed by atoms with Gasteiger partial charge in [0.25, 0.3) is 0 Å². The molecule has 1 saturated carbocycles. The molecular formula is C18H22N4O. The standard InChI is InChI=1S/C18H22N4O/c23-17-12-22(10-9-21(17)11-14-5-1-2-6-14)18-15-7-3-4-8-16(15)19-13-20-18/h3-4,7-8,13-14H,1-2,5-6,9-12H2. The lowest BCUT2D eigenvalue weighted by atomic mass is 10.1. The number of fused-ring (bicyclic) bond motifs is 1. The van der Waals surface area contributed by atoms with E-state index in [1.165, 1.54) is 25.7 Å². The number of para-hydroxylation sites is 1. The van der Waals surface area contributed by atoms with Gasteiger partial charge in [-0.2, -0.15) is 0 Å². The maximum atomic E-state index is 12.5. The normalized spacial score (nSPS) is 19.7. The number of benzene rings is 1. The summed E-state index contributed by atoms with van der Waals surface area (Å²) in [5, 5.41) is 1.02. The molecule has 1 aliphatic carbocycles. The van der Waals surface area contributed by atoms with Crippen LogP contribution in [0, 0.1) is 5.92 Å². The topological polar surface area (TPSA) is 49.3 Å². The Morgan fingerprint density at radius 2 is 1.91 bits per heavy atom. The highest BCUT2D eigenvalue weighted by atomic mass is 16.2. The van der Waals surface area contributed by atoms with E-state index in [0.717, 1.165) is 36.4 Å². The fourth-order valence-electron chi connectivity index (χ4n) is 3.83. The van der Waals surface area contributed by atoms with Crippen LogP contribution < -0.4 is 4.90 Å². The Morgan fingerprint density at radius 1 is 1.09 bits per heavy atom. The number of carbonyl (C=O) groups is 1. The molecule has 2 heterocycles. The van der Waals surface area contributed by atoms with Gasteiger partial charge in [-0.1, -0.05) is 25.0 Å². The van der Waals surface area contributed by atoms with Crippen molar-refractivity contribution in [3.63, 3.8) is 0 Å². The van der Waals surface area contributed by atoms with Crippen LogP contribution in [0.3, 0.4) is 0 Å². The molecule has 23 heavy (non-hydrogen) atoms. The minimum absolute atomic E-state index is 0.228. The van der Waals surface area contributed by atoms with Crippen LogP contribution in [-0.4, -0.2) is 47.0 Å². The SMILES string of the molecule is O=C1CN(c2ncnc3ccccc23)CCN1CC1CCCC1. The molecule has 0 N–H and O–H groups in total. The molecule has 120 valence electrons. The number of hydrogen-bond acceptors (Lipinski definition) is 4. The van der Waals surface area contributed by atoms with E-state index >= 15 is 0 Å². The Bertz CT molecular complexity index is 706. The number of hydrogen-bond donors (Lipinski definition) is 0. The van der Waals surface area contributed by atoms with E-state index in [1.54, 1.807) is 6.33 Å². The summed E-state index contributed by atoms with van der Waals surface area (Å²) in [4.78, 5) is 25.4. The number of anilines is 1. The van der Waals surface area contributed by atoms with Crippen molar-refractivity contribution in [2.75, 3.05) is 31.1 Å². The second kappa shape index (κ2) is 6.14. The van der Waals surface area contributed by atoms with Crippen molar-refractivity contribution < 1.29 is 4.79 Å². The number of aromatic nitrogens is 2. The zero-order valence-corrected chi connectivity index (χ0v) is 13.3. The highest BCUT2D eigenvalue weighted by molar-refractivity contribution is 5.92. The number of carbonyl (C=O) groups excluding carboxylic acids is 1. The third-order valence-corrected chi connectivity index (χ3v) is 5.09. The minimum Gasteiger partial charge on any atom is -0.345 e.